The summed E-state index contributed by atoms with van der Waals surface area (Å²) in [7, 11) is 0. The van der Waals surface area contributed by atoms with Crippen LogP contribution in [0.25, 0.3) is 0 Å². The number of aliphatic hydroxyl groups is 1. The average molecular weight is 204 g/mol. The molecule has 80 valence electrons. The monoisotopic (exact) mass is 204 g/mol. The number of rotatable bonds is 6. The number of Topliss-reactive ketones (excluding diaryl/α,β-unsaturated/α-hetero) is 1. The first-order valence-corrected chi connectivity index (χ1v) is 3.99. The highest BCUT2D eigenvalue weighted by Crippen LogP contribution is 2.11. The average Bonchev–Trinajstić information content (AvgIpc) is 1.97. The van der Waals surface area contributed by atoms with Crippen molar-refractivity contribution in [2.45, 2.75) is 25.9 Å². The van der Waals surface area contributed by atoms with Crippen molar-refractivity contribution in [1.82, 2.24) is 0 Å². The minimum absolute atomic E-state index is 0.459. The molecule has 0 saturated carbocycles. The molecule has 0 rings (SSSR count). The Bertz CT molecular complexity index is 244. The number of ketones is 1. The van der Waals surface area contributed by atoms with Gasteiger partial charge in [0.05, 0.1) is 12.0 Å². The maximum atomic E-state index is 10.9. The van der Waals surface area contributed by atoms with Gasteiger partial charge in [-0.25, -0.2) is 0 Å². The number of carbonyl (C=O) groups is 3. The molecule has 0 saturated heterocycles. The van der Waals surface area contributed by atoms with Crippen molar-refractivity contribution in [3.63, 3.8) is 0 Å². The van der Waals surface area contributed by atoms with Gasteiger partial charge in [0.25, 0.3) is 0 Å². The molecule has 0 spiro atoms. The highest BCUT2D eigenvalue weighted by atomic mass is 16.4. The van der Waals surface area contributed by atoms with Gasteiger partial charge in [0, 0.05) is 6.42 Å². The molecule has 6 nitrogen and oxygen atoms in total. The second-order valence-corrected chi connectivity index (χ2v) is 3.00. The molecule has 0 aromatic rings. The molecule has 6 heteroatoms. The van der Waals surface area contributed by atoms with Gasteiger partial charge in [-0.3, -0.25) is 14.4 Å². The van der Waals surface area contributed by atoms with Crippen molar-refractivity contribution in [3.05, 3.63) is 0 Å². The maximum absolute atomic E-state index is 10.9. The number of carboxylic acid groups (broad SMARTS) is 2. The van der Waals surface area contributed by atoms with E-state index in [1.165, 1.54) is 6.92 Å². The summed E-state index contributed by atoms with van der Waals surface area (Å²) in [6.07, 6.45) is -2.35. The van der Waals surface area contributed by atoms with E-state index in [1.807, 2.05) is 0 Å². The van der Waals surface area contributed by atoms with Crippen LogP contribution in [-0.2, 0) is 14.4 Å². The summed E-state index contributed by atoms with van der Waals surface area (Å²) in [5.41, 5.74) is 0. The van der Waals surface area contributed by atoms with E-state index in [2.05, 4.69) is 0 Å². The van der Waals surface area contributed by atoms with Gasteiger partial charge in [0.15, 0.2) is 0 Å². The molecular formula is C8H12O6. The summed E-state index contributed by atoms with van der Waals surface area (Å²) in [5, 5.41) is 25.8. The fourth-order valence-corrected chi connectivity index (χ4v) is 0.950. The molecule has 2 atom stereocenters. The molecular weight excluding hydrogens is 192 g/mol. The van der Waals surface area contributed by atoms with Crippen LogP contribution in [0.5, 0.6) is 0 Å². The molecule has 0 aromatic heterocycles. The highest BCUT2D eigenvalue weighted by molar-refractivity contribution is 5.96. The third-order valence-corrected chi connectivity index (χ3v) is 1.70. The van der Waals surface area contributed by atoms with Gasteiger partial charge >= 0.3 is 11.9 Å². The van der Waals surface area contributed by atoms with E-state index in [4.69, 9.17) is 15.3 Å². The lowest BCUT2D eigenvalue weighted by molar-refractivity contribution is -0.149. The van der Waals surface area contributed by atoms with Crippen molar-refractivity contribution in [2.75, 3.05) is 0 Å². The van der Waals surface area contributed by atoms with Gasteiger partial charge in [-0.15, -0.1) is 0 Å². The van der Waals surface area contributed by atoms with Gasteiger partial charge in [-0.2, -0.15) is 0 Å². The van der Waals surface area contributed by atoms with Crippen molar-refractivity contribution < 1.29 is 29.7 Å². The molecule has 0 aliphatic heterocycles. The van der Waals surface area contributed by atoms with E-state index in [-0.39, 0.29) is 0 Å². The van der Waals surface area contributed by atoms with Gasteiger partial charge in [-0.05, 0) is 6.92 Å². The number of carbonyl (C=O) groups excluding carboxylic acids is 1. The van der Waals surface area contributed by atoms with Crippen LogP contribution in [0.15, 0.2) is 0 Å². The molecule has 0 heterocycles. The third kappa shape index (κ3) is 4.56. The first-order chi connectivity index (χ1) is 6.34. The van der Waals surface area contributed by atoms with E-state index in [0.29, 0.717) is 0 Å². The highest BCUT2D eigenvalue weighted by Gasteiger charge is 2.26. The topological polar surface area (TPSA) is 112 Å². The number of hydrogen-bond acceptors (Lipinski definition) is 4. The third-order valence-electron chi connectivity index (χ3n) is 1.70. The lowest BCUT2D eigenvalue weighted by Gasteiger charge is -2.13. The van der Waals surface area contributed by atoms with E-state index in [9.17, 15) is 14.4 Å². The predicted octanol–water partition coefficient (Wildman–Crippen LogP) is -0.498. The molecule has 0 bridgehead atoms. The second-order valence-electron chi connectivity index (χ2n) is 3.00. The van der Waals surface area contributed by atoms with Crippen LogP contribution in [-0.4, -0.2) is 39.1 Å². The fourth-order valence-electron chi connectivity index (χ4n) is 0.950. The fraction of sp³-hybridized carbons (Fsp3) is 0.625. The van der Waals surface area contributed by atoms with Crippen LogP contribution in [0.1, 0.15) is 19.8 Å². The number of hydrogen-bond donors (Lipinski definition) is 3. The largest absolute Gasteiger partial charge is 0.481 e. The molecule has 0 aliphatic carbocycles. The van der Waals surface area contributed by atoms with E-state index in [1.54, 1.807) is 0 Å². The number of carboxylic acids is 2. The Morgan fingerprint density at radius 2 is 1.71 bits per heavy atom. The van der Waals surface area contributed by atoms with E-state index < -0.39 is 42.6 Å². The van der Waals surface area contributed by atoms with Crippen LogP contribution >= 0.6 is 0 Å². The SMILES string of the molecule is CC(O)C(CC(=O)CC(=O)O)C(=O)O. The van der Waals surface area contributed by atoms with Crippen molar-refractivity contribution >= 4 is 17.7 Å². The quantitative estimate of drug-likeness (QED) is 0.503. The Morgan fingerprint density at radius 3 is 2.00 bits per heavy atom. The zero-order valence-corrected chi connectivity index (χ0v) is 7.64. The van der Waals surface area contributed by atoms with Gasteiger partial charge < -0.3 is 15.3 Å². The van der Waals surface area contributed by atoms with Gasteiger partial charge in [-0.1, -0.05) is 0 Å². The van der Waals surface area contributed by atoms with Crippen LogP contribution in [0, 0.1) is 5.92 Å². The normalized spacial score (nSPS) is 14.4. The van der Waals surface area contributed by atoms with Crippen molar-refractivity contribution in [1.29, 1.82) is 0 Å². The van der Waals surface area contributed by atoms with Crippen molar-refractivity contribution in [3.8, 4) is 0 Å². The van der Waals surface area contributed by atoms with Gasteiger partial charge in [0.2, 0.25) is 0 Å². The number of aliphatic carboxylic acids is 2. The Labute approximate surface area is 80.2 Å². The zero-order valence-electron chi connectivity index (χ0n) is 7.64. The Kier molecular flexibility index (Phi) is 4.79. The molecule has 0 amide bonds. The first-order valence-electron chi connectivity index (χ1n) is 3.99. The van der Waals surface area contributed by atoms with Crippen molar-refractivity contribution in [2.24, 2.45) is 5.92 Å². The minimum Gasteiger partial charge on any atom is -0.481 e. The maximum Gasteiger partial charge on any atom is 0.310 e. The summed E-state index contributed by atoms with van der Waals surface area (Å²) >= 11 is 0. The lowest BCUT2D eigenvalue weighted by Crippen LogP contribution is -2.28. The first kappa shape index (κ1) is 12.6. The van der Waals surface area contributed by atoms with E-state index in [0.717, 1.165) is 0 Å². The van der Waals surface area contributed by atoms with Crippen LogP contribution in [0.2, 0.25) is 0 Å². The van der Waals surface area contributed by atoms with Crippen LogP contribution < -0.4 is 0 Å². The Balaban J connectivity index is 4.24. The second kappa shape index (κ2) is 5.33. The predicted molar refractivity (Wildman–Crippen MR) is 44.7 cm³/mol. The molecule has 0 aliphatic rings. The molecule has 0 aromatic carbocycles. The zero-order chi connectivity index (χ0) is 11.3. The standard InChI is InChI=1S/C8H12O6/c1-4(9)6(8(13)14)2-5(10)3-7(11)12/h4,6,9H,2-3H2,1H3,(H,11,12)(H,13,14). The van der Waals surface area contributed by atoms with Crippen LogP contribution in [0.3, 0.4) is 0 Å². The summed E-state index contributed by atoms with van der Waals surface area (Å²) < 4.78 is 0. The molecule has 3 N–H and O–H groups in total. The summed E-state index contributed by atoms with van der Waals surface area (Å²) in [6.45, 7) is 1.24. The molecule has 0 fully saturated rings. The van der Waals surface area contributed by atoms with Crippen LogP contribution in [0.4, 0.5) is 0 Å². The summed E-state index contributed by atoms with van der Waals surface area (Å²) in [5.74, 6) is -4.55. The molecule has 2 unspecified atom stereocenters. The number of aliphatic hydroxyl groups excluding tert-OH is 1. The molecule has 14 heavy (non-hydrogen) atoms. The Morgan fingerprint density at radius 1 is 1.21 bits per heavy atom. The Hall–Kier alpha value is -1.43. The van der Waals surface area contributed by atoms with E-state index >= 15 is 0 Å². The summed E-state index contributed by atoms with van der Waals surface area (Å²) in [6, 6.07) is 0. The minimum atomic E-state index is -1.31. The lowest BCUT2D eigenvalue weighted by atomic mass is 9.96. The smallest absolute Gasteiger partial charge is 0.310 e. The van der Waals surface area contributed by atoms with Gasteiger partial charge in [0.1, 0.15) is 12.2 Å². The summed E-state index contributed by atoms with van der Waals surface area (Å²) in [4.78, 5) is 31.5. The molecule has 0 radical (unpaired) electrons.